The van der Waals surface area contributed by atoms with Gasteiger partial charge in [0.25, 0.3) is 10.1 Å². The predicted molar refractivity (Wildman–Crippen MR) is 165 cm³/mol. The highest BCUT2D eigenvalue weighted by Gasteiger charge is 2.19. The highest BCUT2D eigenvalue weighted by Crippen LogP contribution is 2.14. The minimum absolute atomic E-state index is 0.131. The molecule has 0 aliphatic rings. The van der Waals surface area contributed by atoms with Gasteiger partial charge in [-0.05, 0) is 34.0 Å². The smallest absolute Gasteiger partial charge is 0.264 e. The summed E-state index contributed by atoms with van der Waals surface area (Å²) in [6, 6.07) is 0. The third kappa shape index (κ3) is 37.7. The minimum atomic E-state index is -3.54. The maximum Gasteiger partial charge on any atom is 0.264 e. The molecule has 0 heterocycles. The molecule has 0 bridgehead atoms. The van der Waals surface area contributed by atoms with Crippen molar-refractivity contribution in [3.05, 3.63) is 0 Å². The molecule has 0 saturated heterocycles. The molecule has 0 aromatic carbocycles. The van der Waals surface area contributed by atoms with Gasteiger partial charge in [-0.1, -0.05) is 103 Å². The van der Waals surface area contributed by atoms with Gasteiger partial charge in [-0.3, -0.25) is 4.18 Å². The summed E-state index contributed by atoms with van der Waals surface area (Å²) in [5, 5.41) is 0. The fourth-order valence-corrected chi connectivity index (χ4v) is 5.95. The van der Waals surface area contributed by atoms with Crippen LogP contribution in [-0.2, 0) is 33.6 Å². The van der Waals surface area contributed by atoms with Gasteiger partial charge >= 0.3 is 0 Å². The van der Waals surface area contributed by atoms with Gasteiger partial charge in [0.1, 0.15) is 0 Å². The van der Waals surface area contributed by atoms with Gasteiger partial charge in [0.2, 0.25) is 0 Å². The molecule has 0 aromatic heterocycles. The Hall–Kier alpha value is -0.260. The van der Waals surface area contributed by atoms with Gasteiger partial charge in [-0.15, -0.1) is 0 Å². The zero-order valence-corrected chi connectivity index (χ0v) is 27.9. The van der Waals surface area contributed by atoms with Crippen LogP contribution >= 0.6 is 0 Å². The SMILES string of the molecule is CCCCCCCCCCCCCCCCCCOCC(CS(=O)(=O)CCCOS(C)(=O)=O)OC.CN(C)C. The van der Waals surface area contributed by atoms with Crippen LogP contribution in [0, 0.1) is 0 Å². The molecule has 0 N–H and O–H groups in total. The third-order valence-electron chi connectivity index (χ3n) is 6.12. The van der Waals surface area contributed by atoms with Crippen LogP contribution in [0.25, 0.3) is 0 Å². The van der Waals surface area contributed by atoms with E-state index in [1.807, 2.05) is 26.0 Å². The summed E-state index contributed by atoms with van der Waals surface area (Å²) in [5.74, 6) is -0.275. The van der Waals surface area contributed by atoms with E-state index in [1.165, 1.54) is 97.0 Å². The number of methoxy groups -OCH3 is 1. The summed E-state index contributed by atoms with van der Waals surface area (Å²) in [6.07, 6.45) is 21.8. The molecule has 0 rings (SSSR count). The Morgan fingerprint density at radius 1 is 0.641 bits per heavy atom. The summed E-state index contributed by atoms with van der Waals surface area (Å²) >= 11 is 0. The number of hydrogen-bond acceptors (Lipinski definition) is 8. The summed E-state index contributed by atoms with van der Waals surface area (Å²) in [5.41, 5.74) is 0. The van der Waals surface area contributed by atoms with Crippen LogP contribution < -0.4 is 0 Å². The van der Waals surface area contributed by atoms with Crippen LogP contribution in [0.5, 0.6) is 0 Å². The van der Waals surface area contributed by atoms with E-state index in [9.17, 15) is 16.8 Å². The molecule has 1 atom stereocenters. The number of ether oxygens (including phenoxy) is 2. The Bertz CT molecular complexity index is 710. The van der Waals surface area contributed by atoms with Gasteiger partial charge in [0.15, 0.2) is 9.84 Å². The molecule has 39 heavy (non-hydrogen) atoms. The number of nitrogens with zero attached hydrogens (tertiary/aromatic N) is 1. The monoisotopic (exact) mass is 601 g/mol. The molecule has 0 aromatic rings. The fraction of sp³-hybridized carbons (Fsp3) is 1.00. The lowest BCUT2D eigenvalue weighted by Crippen LogP contribution is -2.29. The van der Waals surface area contributed by atoms with E-state index in [4.69, 9.17) is 9.47 Å². The van der Waals surface area contributed by atoms with Crippen LogP contribution in [0.3, 0.4) is 0 Å². The highest BCUT2D eigenvalue weighted by molar-refractivity contribution is 7.91. The second kappa shape index (κ2) is 27.9. The fourth-order valence-electron chi connectivity index (χ4n) is 4.01. The number of hydrogen-bond donors (Lipinski definition) is 0. The molecule has 0 fully saturated rings. The van der Waals surface area contributed by atoms with Crippen molar-refractivity contribution in [1.82, 2.24) is 4.90 Å². The first-order valence-electron chi connectivity index (χ1n) is 15.2. The van der Waals surface area contributed by atoms with Gasteiger partial charge in [-0.25, -0.2) is 8.42 Å². The summed E-state index contributed by atoms with van der Waals surface area (Å²) < 4.78 is 61.6. The number of unbranched alkanes of at least 4 members (excludes halogenated alkanes) is 15. The van der Waals surface area contributed by atoms with Crippen LogP contribution in [0.2, 0.25) is 0 Å². The summed E-state index contributed by atoms with van der Waals surface area (Å²) in [7, 11) is 0.568. The maximum absolute atomic E-state index is 12.2. The van der Waals surface area contributed by atoms with E-state index in [0.29, 0.717) is 6.61 Å². The Morgan fingerprint density at radius 3 is 1.44 bits per heavy atom. The van der Waals surface area contributed by atoms with E-state index in [1.54, 1.807) is 0 Å². The topological polar surface area (TPSA) is 99.2 Å². The standard InChI is InChI=1S/C26H54O7S2.C3H9N/c1-4-5-6-7-8-9-10-11-12-13-14-15-16-17-18-19-21-32-24-26(31-2)25-35(29,30)23-20-22-33-34(3,27)28;1-4(2)3/h26H,4-25H2,1-3H3;1-3H3. The zero-order chi connectivity index (χ0) is 29.8. The lowest BCUT2D eigenvalue weighted by atomic mass is 10.0. The first-order valence-corrected chi connectivity index (χ1v) is 18.8. The van der Waals surface area contributed by atoms with Crippen LogP contribution in [0.15, 0.2) is 0 Å². The zero-order valence-electron chi connectivity index (χ0n) is 26.3. The Balaban J connectivity index is 0. The molecule has 0 radical (unpaired) electrons. The van der Waals surface area contributed by atoms with Crippen LogP contribution in [0.4, 0.5) is 0 Å². The first-order chi connectivity index (χ1) is 18.4. The quantitative estimate of drug-likeness (QED) is 0.0806. The predicted octanol–water partition coefficient (Wildman–Crippen LogP) is 6.24. The normalized spacial score (nSPS) is 12.9. The number of sulfone groups is 1. The minimum Gasteiger partial charge on any atom is -0.379 e. The van der Waals surface area contributed by atoms with E-state index >= 15 is 0 Å². The molecule has 8 nitrogen and oxygen atoms in total. The maximum atomic E-state index is 12.2. The molecule has 0 saturated carbocycles. The first kappa shape index (κ1) is 40.9. The van der Waals surface area contributed by atoms with Crippen molar-refractivity contribution in [2.45, 2.75) is 122 Å². The molecular weight excluding hydrogens is 538 g/mol. The molecule has 0 aliphatic carbocycles. The van der Waals surface area contributed by atoms with E-state index in [0.717, 1.165) is 19.1 Å². The lowest BCUT2D eigenvalue weighted by Gasteiger charge is -2.16. The van der Waals surface area contributed by atoms with Gasteiger partial charge in [0, 0.05) is 13.7 Å². The molecule has 238 valence electrons. The molecule has 1 unspecified atom stereocenters. The lowest BCUT2D eigenvalue weighted by molar-refractivity contribution is 0.0190. The summed E-state index contributed by atoms with van der Waals surface area (Å²) in [4.78, 5) is 2.00. The van der Waals surface area contributed by atoms with E-state index < -0.39 is 26.1 Å². The Morgan fingerprint density at radius 2 is 1.05 bits per heavy atom. The van der Waals surface area contributed by atoms with Crippen molar-refractivity contribution in [1.29, 1.82) is 0 Å². The van der Waals surface area contributed by atoms with Gasteiger partial charge < -0.3 is 14.4 Å². The molecule has 0 spiro atoms. The molecule has 10 heteroatoms. The largest absolute Gasteiger partial charge is 0.379 e. The average molecular weight is 602 g/mol. The van der Waals surface area contributed by atoms with Crippen molar-refractivity contribution in [3.8, 4) is 0 Å². The molecular formula is C29H63NO7S2. The van der Waals surface area contributed by atoms with E-state index in [2.05, 4.69) is 11.1 Å². The van der Waals surface area contributed by atoms with Crippen molar-refractivity contribution >= 4 is 20.0 Å². The van der Waals surface area contributed by atoms with Crippen molar-refractivity contribution in [2.24, 2.45) is 0 Å². The van der Waals surface area contributed by atoms with Crippen molar-refractivity contribution < 1.29 is 30.5 Å². The molecule has 0 aliphatic heterocycles. The Labute approximate surface area is 243 Å². The van der Waals surface area contributed by atoms with Gasteiger partial charge in [0.05, 0.1) is 37.1 Å². The molecule has 0 amide bonds. The third-order valence-corrected chi connectivity index (χ3v) is 8.50. The highest BCUT2D eigenvalue weighted by atomic mass is 32.2. The van der Waals surface area contributed by atoms with Crippen molar-refractivity contribution in [3.63, 3.8) is 0 Å². The second-order valence-corrected chi connectivity index (χ2v) is 14.9. The van der Waals surface area contributed by atoms with Gasteiger partial charge in [-0.2, -0.15) is 8.42 Å². The second-order valence-electron chi connectivity index (χ2n) is 11.1. The van der Waals surface area contributed by atoms with Crippen molar-refractivity contribution in [2.75, 3.05) is 65.8 Å². The number of rotatable bonds is 27. The Kier molecular flexibility index (Phi) is 29.2. The van der Waals surface area contributed by atoms with Crippen LogP contribution in [-0.4, -0.2) is 93.7 Å². The average Bonchev–Trinajstić information content (AvgIpc) is 2.84. The van der Waals surface area contributed by atoms with Crippen LogP contribution in [0.1, 0.15) is 116 Å². The van der Waals surface area contributed by atoms with E-state index in [-0.39, 0.29) is 31.1 Å². The summed E-state index contributed by atoms with van der Waals surface area (Å²) in [6.45, 7) is 2.99.